The zero-order valence-electron chi connectivity index (χ0n) is 10.0. The van der Waals surface area contributed by atoms with Crippen LogP contribution in [-0.2, 0) is 0 Å². The molecule has 0 fully saturated rings. The van der Waals surface area contributed by atoms with Gasteiger partial charge < -0.3 is 4.90 Å². The molecule has 1 unspecified atom stereocenters. The van der Waals surface area contributed by atoms with Crippen molar-refractivity contribution in [3.8, 4) is 0 Å². The van der Waals surface area contributed by atoms with Crippen LogP contribution in [0.2, 0.25) is 5.02 Å². The van der Waals surface area contributed by atoms with Gasteiger partial charge in [-0.3, -0.25) is 0 Å². The second-order valence-electron chi connectivity index (χ2n) is 4.01. The smallest absolute Gasteiger partial charge is 0.167 e. The lowest BCUT2D eigenvalue weighted by Gasteiger charge is -2.25. The Morgan fingerprint density at radius 2 is 2.19 bits per heavy atom. The van der Waals surface area contributed by atoms with Gasteiger partial charge in [0.25, 0.3) is 0 Å². The Bertz CT molecular complexity index is 344. The first kappa shape index (κ1) is 13.2. The zero-order valence-corrected chi connectivity index (χ0v) is 10.8. The monoisotopic (exact) mass is 244 g/mol. The van der Waals surface area contributed by atoms with E-state index in [2.05, 4.69) is 18.8 Å². The summed E-state index contributed by atoms with van der Waals surface area (Å²) in [7, 11) is 0. The highest BCUT2D eigenvalue weighted by atomic mass is 35.5. The maximum Gasteiger partial charge on any atom is 0.167 e. The minimum absolute atomic E-state index is 0.334. The minimum atomic E-state index is -0.349. The fourth-order valence-electron chi connectivity index (χ4n) is 1.51. The van der Waals surface area contributed by atoms with Gasteiger partial charge in [-0.05, 0) is 18.9 Å². The number of rotatable bonds is 5. The van der Waals surface area contributed by atoms with Gasteiger partial charge in [0.05, 0.1) is 5.02 Å². The molecule has 1 aromatic rings. The van der Waals surface area contributed by atoms with Crippen molar-refractivity contribution in [3.05, 3.63) is 23.1 Å². The van der Waals surface area contributed by atoms with Gasteiger partial charge in [-0.1, -0.05) is 31.9 Å². The fourth-order valence-corrected chi connectivity index (χ4v) is 1.66. The molecular weight excluding hydrogens is 227 g/mol. The van der Waals surface area contributed by atoms with Gasteiger partial charge in [0, 0.05) is 19.3 Å². The first-order valence-corrected chi connectivity index (χ1v) is 6.02. The van der Waals surface area contributed by atoms with Crippen LogP contribution in [0.3, 0.4) is 0 Å². The Morgan fingerprint density at radius 1 is 1.50 bits per heavy atom. The molecule has 0 aliphatic carbocycles. The van der Waals surface area contributed by atoms with Gasteiger partial charge in [0.1, 0.15) is 0 Å². The Balaban J connectivity index is 2.86. The van der Waals surface area contributed by atoms with E-state index in [0.29, 0.717) is 16.8 Å². The average Bonchev–Trinajstić information content (AvgIpc) is 2.26. The van der Waals surface area contributed by atoms with E-state index < -0.39 is 0 Å². The van der Waals surface area contributed by atoms with E-state index in [-0.39, 0.29) is 5.82 Å². The molecule has 0 saturated heterocycles. The van der Waals surface area contributed by atoms with Gasteiger partial charge in [-0.25, -0.2) is 9.37 Å². The average molecular weight is 245 g/mol. The predicted octanol–water partition coefficient (Wildman–Crippen LogP) is 3.75. The third-order valence-electron chi connectivity index (χ3n) is 2.70. The minimum Gasteiger partial charge on any atom is -0.354 e. The molecule has 1 rings (SSSR count). The lowest BCUT2D eigenvalue weighted by molar-refractivity contribution is 0.533. The summed E-state index contributed by atoms with van der Waals surface area (Å²) in [6.45, 7) is 7.84. The number of hydrogen-bond donors (Lipinski definition) is 0. The van der Waals surface area contributed by atoms with Gasteiger partial charge in [0.2, 0.25) is 0 Å². The second kappa shape index (κ2) is 6.04. The summed E-state index contributed by atoms with van der Waals surface area (Å²) >= 11 is 5.68. The normalized spacial score (nSPS) is 12.6. The van der Waals surface area contributed by atoms with Crippen molar-refractivity contribution in [2.24, 2.45) is 5.92 Å². The van der Waals surface area contributed by atoms with E-state index in [0.717, 1.165) is 19.5 Å². The fraction of sp³-hybridized carbons (Fsp3) is 0.583. The summed E-state index contributed by atoms with van der Waals surface area (Å²) in [5.41, 5.74) is 0. The van der Waals surface area contributed by atoms with Crippen LogP contribution in [0, 0.1) is 11.7 Å². The van der Waals surface area contributed by atoms with Crippen LogP contribution >= 0.6 is 11.6 Å². The number of nitrogens with zero attached hydrogens (tertiary/aromatic N) is 2. The van der Waals surface area contributed by atoms with Gasteiger partial charge >= 0.3 is 0 Å². The molecule has 0 amide bonds. The quantitative estimate of drug-likeness (QED) is 0.784. The Morgan fingerprint density at radius 3 is 2.69 bits per heavy atom. The topological polar surface area (TPSA) is 16.1 Å². The molecule has 2 nitrogen and oxygen atoms in total. The lowest BCUT2D eigenvalue weighted by Crippen LogP contribution is -2.29. The summed E-state index contributed by atoms with van der Waals surface area (Å²) in [6, 6.07) is 1.31. The van der Waals surface area contributed by atoms with E-state index in [1.165, 1.54) is 12.3 Å². The van der Waals surface area contributed by atoms with Crippen molar-refractivity contribution >= 4 is 17.4 Å². The highest BCUT2D eigenvalue weighted by Gasteiger charge is 2.14. The van der Waals surface area contributed by atoms with Crippen molar-refractivity contribution in [2.75, 3.05) is 18.0 Å². The number of anilines is 1. The standard InChI is InChI=1S/C12H18ClFN2/c1-4-9(3)8-16(5-2)12-11(14)6-10(13)7-15-12/h6-7,9H,4-5,8H2,1-3H3. The molecule has 16 heavy (non-hydrogen) atoms. The highest BCUT2D eigenvalue weighted by Crippen LogP contribution is 2.20. The van der Waals surface area contributed by atoms with E-state index in [1.807, 2.05) is 11.8 Å². The maximum atomic E-state index is 13.7. The van der Waals surface area contributed by atoms with Crippen LogP contribution in [0.1, 0.15) is 27.2 Å². The first-order chi connectivity index (χ1) is 7.58. The molecule has 0 saturated carbocycles. The molecular formula is C12H18ClFN2. The van der Waals surface area contributed by atoms with Crippen LogP contribution in [0.25, 0.3) is 0 Å². The third kappa shape index (κ3) is 3.34. The Hall–Kier alpha value is -0.830. The molecule has 1 heterocycles. The number of halogens is 2. The summed E-state index contributed by atoms with van der Waals surface area (Å²) in [4.78, 5) is 6.00. The molecule has 0 spiro atoms. The third-order valence-corrected chi connectivity index (χ3v) is 2.91. The van der Waals surface area contributed by atoms with Crippen molar-refractivity contribution in [1.82, 2.24) is 4.98 Å². The summed E-state index contributed by atoms with van der Waals surface area (Å²) < 4.78 is 13.7. The van der Waals surface area contributed by atoms with Crippen LogP contribution < -0.4 is 4.90 Å². The van der Waals surface area contributed by atoms with Gasteiger partial charge in [-0.15, -0.1) is 0 Å². The summed E-state index contributed by atoms with van der Waals surface area (Å²) in [5, 5.41) is 0.334. The van der Waals surface area contributed by atoms with Crippen molar-refractivity contribution in [2.45, 2.75) is 27.2 Å². The van der Waals surface area contributed by atoms with Gasteiger partial charge in [-0.2, -0.15) is 0 Å². The molecule has 0 aliphatic heterocycles. The van der Waals surface area contributed by atoms with Crippen LogP contribution in [0.4, 0.5) is 10.2 Å². The number of hydrogen-bond acceptors (Lipinski definition) is 2. The molecule has 90 valence electrons. The first-order valence-electron chi connectivity index (χ1n) is 5.64. The molecule has 0 aromatic carbocycles. The molecule has 0 aliphatic rings. The van der Waals surface area contributed by atoms with E-state index in [1.54, 1.807) is 0 Å². The van der Waals surface area contributed by atoms with Gasteiger partial charge in [0.15, 0.2) is 11.6 Å². The van der Waals surface area contributed by atoms with Crippen LogP contribution in [0.15, 0.2) is 12.3 Å². The predicted molar refractivity (Wildman–Crippen MR) is 66.5 cm³/mol. The Labute approximate surface area is 101 Å². The largest absolute Gasteiger partial charge is 0.354 e. The maximum absolute atomic E-state index is 13.7. The number of aromatic nitrogens is 1. The molecule has 0 bridgehead atoms. The van der Waals surface area contributed by atoms with E-state index in [9.17, 15) is 4.39 Å². The molecule has 0 radical (unpaired) electrons. The molecule has 4 heteroatoms. The second-order valence-corrected chi connectivity index (χ2v) is 4.45. The van der Waals surface area contributed by atoms with Crippen molar-refractivity contribution in [1.29, 1.82) is 0 Å². The molecule has 1 aromatic heterocycles. The molecule has 0 N–H and O–H groups in total. The van der Waals surface area contributed by atoms with E-state index in [4.69, 9.17) is 11.6 Å². The Kier molecular flexibility index (Phi) is 5.00. The SMILES string of the molecule is CCC(C)CN(CC)c1ncc(Cl)cc1F. The summed E-state index contributed by atoms with van der Waals surface area (Å²) in [5.74, 6) is 0.571. The molecule has 1 atom stereocenters. The lowest BCUT2D eigenvalue weighted by atomic mass is 10.1. The number of pyridine rings is 1. The van der Waals surface area contributed by atoms with Crippen molar-refractivity contribution < 1.29 is 4.39 Å². The van der Waals surface area contributed by atoms with Crippen molar-refractivity contribution in [3.63, 3.8) is 0 Å². The zero-order chi connectivity index (χ0) is 12.1. The van der Waals surface area contributed by atoms with E-state index >= 15 is 0 Å². The summed E-state index contributed by atoms with van der Waals surface area (Å²) in [6.07, 6.45) is 2.56. The van der Waals surface area contributed by atoms with Crippen LogP contribution in [-0.4, -0.2) is 18.1 Å². The van der Waals surface area contributed by atoms with Crippen LogP contribution in [0.5, 0.6) is 0 Å². The highest BCUT2D eigenvalue weighted by molar-refractivity contribution is 6.30.